The van der Waals surface area contributed by atoms with Crippen LogP contribution in [-0.2, 0) is 11.2 Å². The number of nitrogens with zero attached hydrogens (tertiary/aromatic N) is 2. The Morgan fingerprint density at radius 1 is 1.42 bits per heavy atom. The molecular weight excluding hydrogens is 236 g/mol. The summed E-state index contributed by atoms with van der Waals surface area (Å²) in [6, 6.07) is 8.46. The van der Waals surface area contributed by atoms with Gasteiger partial charge in [-0.25, -0.2) is 0 Å². The van der Waals surface area contributed by atoms with E-state index in [2.05, 4.69) is 18.2 Å². The number of nitriles is 1. The maximum Gasteiger partial charge on any atom is 0.228 e. The Morgan fingerprint density at radius 3 is 2.63 bits per heavy atom. The highest BCUT2D eigenvalue weighted by atomic mass is 16.2. The predicted octanol–water partition coefficient (Wildman–Crippen LogP) is 2.75. The van der Waals surface area contributed by atoms with E-state index in [-0.39, 0.29) is 5.91 Å². The first kappa shape index (κ1) is 13.6. The van der Waals surface area contributed by atoms with E-state index in [0.29, 0.717) is 6.42 Å². The number of aryl methyl sites for hydroxylation is 2. The van der Waals surface area contributed by atoms with Gasteiger partial charge in [0, 0.05) is 7.05 Å². The lowest BCUT2D eigenvalue weighted by molar-refractivity contribution is -0.135. The molecule has 0 spiro atoms. The standard InChI is InChI=1S/C16H20N2O/c1-12-5-6-13(2)14(9-12)10-15(19)18(3)16(11-17)7-4-8-16/h5-6,9H,4,7-8,10H2,1-3H3. The Labute approximate surface area is 114 Å². The van der Waals surface area contributed by atoms with Crippen molar-refractivity contribution in [2.75, 3.05) is 7.05 Å². The van der Waals surface area contributed by atoms with Crippen LogP contribution in [-0.4, -0.2) is 23.4 Å². The molecule has 1 aromatic carbocycles. The third-order valence-electron chi connectivity index (χ3n) is 4.25. The molecule has 0 atom stereocenters. The van der Waals surface area contributed by atoms with Crippen LogP contribution in [0.5, 0.6) is 0 Å². The van der Waals surface area contributed by atoms with E-state index in [9.17, 15) is 10.1 Å². The van der Waals surface area contributed by atoms with Crippen LogP contribution in [0.1, 0.15) is 36.0 Å². The van der Waals surface area contributed by atoms with Gasteiger partial charge in [-0.15, -0.1) is 0 Å². The van der Waals surface area contributed by atoms with Crippen LogP contribution in [0.3, 0.4) is 0 Å². The fourth-order valence-corrected chi connectivity index (χ4v) is 2.54. The molecule has 0 radical (unpaired) electrons. The minimum Gasteiger partial charge on any atom is -0.327 e. The number of benzene rings is 1. The maximum absolute atomic E-state index is 12.3. The molecule has 100 valence electrons. The van der Waals surface area contributed by atoms with E-state index in [1.807, 2.05) is 19.9 Å². The molecule has 0 saturated heterocycles. The second-order valence-corrected chi connectivity index (χ2v) is 5.56. The Morgan fingerprint density at radius 2 is 2.11 bits per heavy atom. The van der Waals surface area contributed by atoms with Crippen molar-refractivity contribution >= 4 is 5.91 Å². The number of hydrogen-bond donors (Lipinski definition) is 0. The van der Waals surface area contributed by atoms with Crippen LogP contribution < -0.4 is 0 Å². The third kappa shape index (κ3) is 2.49. The number of carbonyl (C=O) groups is 1. The number of likely N-dealkylation sites (N-methyl/N-ethyl adjacent to an activating group) is 1. The zero-order valence-corrected chi connectivity index (χ0v) is 11.9. The summed E-state index contributed by atoms with van der Waals surface area (Å²) in [5.74, 6) is 0.0370. The first-order valence-electron chi connectivity index (χ1n) is 6.72. The lowest BCUT2D eigenvalue weighted by Crippen LogP contribution is -2.53. The molecule has 0 unspecified atom stereocenters. The normalized spacial score (nSPS) is 16.3. The summed E-state index contributed by atoms with van der Waals surface area (Å²) in [5.41, 5.74) is 2.81. The summed E-state index contributed by atoms with van der Waals surface area (Å²) in [6.45, 7) is 4.05. The van der Waals surface area contributed by atoms with Gasteiger partial charge in [-0.05, 0) is 44.2 Å². The predicted molar refractivity (Wildman–Crippen MR) is 74.6 cm³/mol. The van der Waals surface area contributed by atoms with Gasteiger partial charge in [-0.2, -0.15) is 5.26 Å². The van der Waals surface area contributed by atoms with E-state index in [1.165, 1.54) is 0 Å². The number of rotatable bonds is 3. The fourth-order valence-electron chi connectivity index (χ4n) is 2.54. The largest absolute Gasteiger partial charge is 0.327 e. The van der Waals surface area contributed by atoms with Crippen molar-refractivity contribution in [1.82, 2.24) is 4.90 Å². The zero-order valence-electron chi connectivity index (χ0n) is 11.9. The van der Waals surface area contributed by atoms with Crippen molar-refractivity contribution in [2.24, 2.45) is 0 Å². The van der Waals surface area contributed by atoms with Gasteiger partial charge in [0.15, 0.2) is 0 Å². The molecule has 2 rings (SSSR count). The van der Waals surface area contributed by atoms with Crippen LogP contribution in [0, 0.1) is 25.2 Å². The Balaban J connectivity index is 2.13. The van der Waals surface area contributed by atoms with Crippen molar-refractivity contribution < 1.29 is 4.79 Å². The fraction of sp³-hybridized carbons (Fsp3) is 0.500. The molecule has 1 saturated carbocycles. The SMILES string of the molecule is Cc1ccc(C)c(CC(=O)N(C)C2(C#N)CCC2)c1. The van der Waals surface area contributed by atoms with Crippen LogP contribution in [0.2, 0.25) is 0 Å². The summed E-state index contributed by atoms with van der Waals surface area (Å²) in [4.78, 5) is 14.0. The topological polar surface area (TPSA) is 44.1 Å². The number of carbonyl (C=O) groups excluding carboxylic acids is 1. The van der Waals surface area contributed by atoms with Gasteiger partial charge >= 0.3 is 0 Å². The van der Waals surface area contributed by atoms with E-state index >= 15 is 0 Å². The van der Waals surface area contributed by atoms with Crippen molar-refractivity contribution in [3.8, 4) is 6.07 Å². The molecule has 19 heavy (non-hydrogen) atoms. The van der Waals surface area contributed by atoms with Crippen molar-refractivity contribution in [3.63, 3.8) is 0 Å². The molecule has 0 heterocycles. The second-order valence-electron chi connectivity index (χ2n) is 5.56. The highest BCUT2D eigenvalue weighted by Crippen LogP contribution is 2.36. The molecule has 1 aliphatic carbocycles. The molecule has 0 aromatic heterocycles. The minimum absolute atomic E-state index is 0.0370. The van der Waals surface area contributed by atoms with Gasteiger partial charge in [-0.1, -0.05) is 23.8 Å². The Bertz CT molecular complexity index is 538. The monoisotopic (exact) mass is 256 g/mol. The van der Waals surface area contributed by atoms with Crippen molar-refractivity contribution in [2.45, 2.75) is 45.1 Å². The summed E-state index contributed by atoms with van der Waals surface area (Å²) in [6.07, 6.45) is 3.03. The van der Waals surface area contributed by atoms with Gasteiger partial charge in [-0.3, -0.25) is 4.79 Å². The molecule has 1 aliphatic rings. The smallest absolute Gasteiger partial charge is 0.228 e. The molecule has 0 N–H and O–H groups in total. The van der Waals surface area contributed by atoms with Crippen molar-refractivity contribution in [1.29, 1.82) is 5.26 Å². The van der Waals surface area contributed by atoms with Gasteiger partial charge in [0.1, 0.15) is 5.54 Å². The Kier molecular flexibility index (Phi) is 3.61. The summed E-state index contributed by atoms with van der Waals surface area (Å²) < 4.78 is 0. The summed E-state index contributed by atoms with van der Waals surface area (Å²) in [5, 5.41) is 9.28. The van der Waals surface area contributed by atoms with Gasteiger partial charge in [0.25, 0.3) is 0 Å². The first-order valence-corrected chi connectivity index (χ1v) is 6.72. The van der Waals surface area contributed by atoms with E-state index in [0.717, 1.165) is 36.0 Å². The van der Waals surface area contributed by atoms with Crippen LogP contribution in [0.15, 0.2) is 18.2 Å². The molecule has 0 aliphatic heterocycles. The van der Waals surface area contributed by atoms with E-state index in [1.54, 1.807) is 11.9 Å². The van der Waals surface area contributed by atoms with Gasteiger partial charge in [0.05, 0.1) is 12.5 Å². The number of amides is 1. The highest BCUT2D eigenvalue weighted by Gasteiger charge is 2.43. The molecule has 0 bridgehead atoms. The maximum atomic E-state index is 12.3. The summed E-state index contributed by atoms with van der Waals surface area (Å²) >= 11 is 0. The lowest BCUT2D eigenvalue weighted by Gasteiger charge is -2.43. The minimum atomic E-state index is -0.547. The van der Waals surface area contributed by atoms with Gasteiger partial charge in [0.2, 0.25) is 5.91 Å². The average molecular weight is 256 g/mol. The zero-order chi connectivity index (χ0) is 14.0. The lowest BCUT2D eigenvalue weighted by atomic mass is 9.76. The second kappa shape index (κ2) is 5.05. The molecule has 1 amide bonds. The van der Waals surface area contributed by atoms with Crippen LogP contribution in [0.4, 0.5) is 0 Å². The molecule has 3 heteroatoms. The molecule has 1 aromatic rings. The van der Waals surface area contributed by atoms with E-state index in [4.69, 9.17) is 0 Å². The molecule has 1 fully saturated rings. The van der Waals surface area contributed by atoms with Crippen LogP contribution >= 0.6 is 0 Å². The van der Waals surface area contributed by atoms with Gasteiger partial charge < -0.3 is 4.90 Å². The number of hydrogen-bond acceptors (Lipinski definition) is 2. The molecule has 3 nitrogen and oxygen atoms in total. The quantitative estimate of drug-likeness (QED) is 0.834. The molecular formula is C16H20N2O. The highest BCUT2D eigenvalue weighted by molar-refractivity contribution is 5.80. The van der Waals surface area contributed by atoms with Crippen LogP contribution in [0.25, 0.3) is 0 Å². The van der Waals surface area contributed by atoms with E-state index < -0.39 is 5.54 Å². The third-order valence-corrected chi connectivity index (χ3v) is 4.25. The Hall–Kier alpha value is -1.82. The van der Waals surface area contributed by atoms with Crippen molar-refractivity contribution in [3.05, 3.63) is 34.9 Å². The first-order chi connectivity index (χ1) is 8.98. The summed E-state index contributed by atoms with van der Waals surface area (Å²) in [7, 11) is 1.76. The average Bonchev–Trinajstić information content (AvgIpc) is 2.33.